The van der Waals surface area contributed by atoms with Gasteiger partial charge in [-0.25, -0.2) is 0 Å². The molecule has 1 saturated carbocycles. The molecule has 4 atom stereocenters. The summed E-state index contributed by atoms with van der Waals surface area (Å²) < 4.78 is 5.64. The van der Waals surface area contributed by atoms with Crippen LogP contribution in [0, 0.1) is 5.92 Å². The molecule has 2 heterocycles. The van der Waals surface area contributed by atoms with Gasteiger partial charge < -0.3 is 15.8 Å². The summed E-state index contributed by atoms with van der Waals surface area (Å²) in [6.07, 6.45) is 4.25. The van der Waals surface area contributed by atoms with Crippen molar-refractivity contribution in [3.05, 3.63) is 36.2 Å². The van der Waals surface area contributed by atoms with E-state index >= 15 is 0 Å². The lowest BCUT2D eigenvalue weighted by Gasteiger charge is -2.45. The molecule has 1 aliphatic heterocycles. The highest BCUT2D eigenvalue weighted by Crippen LogP contribution is 2.37. The molecule has 6 nitrogen and oxygen atoms in total. The molecular formula is C15H16N4O2. The zero-order valence-electron chi connectivity index (χ0n) is 11.4. The van der Waals surface area contributed by atoms with Crippen LogP contribution in [-0.2, 0) is 4.74 Å². The molecule has 1 amide bonds. The number of rotatable bonds is 2. The first-order chi connectivity index (χ1) is 10.3. The standard InChI is InChI=1S/C15H16N4O2/c16-11-8-4-7-21-14(8)13(11)19-15(20)9-2-1-3-10-12(9)18-6-5-17-10/h1-3,5-6,8,11,13-14H,4,7,16H2,(H,19,20). The van der Waals surface area contributed by atoms with E-state index in [0.717, 1.165) is 13.0 Å². The molecule has 1 aromatic heterocycles. The minimum absolute atomic E-state index is 0.0255. The number of nitrogens with two attached hydrogens (primary N) is 1. The van der Waals surface area contributed by atoms with Crippen LogP contribution in [0.2, 0.25) is 0 Å². The molecule has 0 spiro atoms. The number of aromatic nitrogens is 2. The third kappa shape index (κ3) is 1.91. The topological polar surface area (TPSA) is 90.1 Å². The van der Waals surface area contributed by atoms with E-state index in [1.165, 1.54) is 0 Å². The highest BCUT2D eigenvalue weighted by Gasteiger charge is 2.52. The first-order valence-electron chi connectivity index (χ1n) is 7.13. The summed E-state index contributed by atoms with van der Waals surface area (Å²) >= 11 is 0. The molecule has 2 aromatic rings. The Bertz CT molecular complexity index is 700. The minimum atomic E-state index is -0.171. The van der Waals surface area contributed by atoms with Gasteiger partial charge in [0.15, 0.2) is 0 Å². The number of benzene rings is 1. The van der Waals surface area contributed by atoms with E-state index < -0.39 is 0 Å². The Labute approximate surface area is 121 Å². The molecule has 1 aliphatic carbocycles. The van der Waals surface area contributed by atoms with Crippen molar-refractivity contribution in [1.29, 1.82) is 0 Å². The van der Waals surface area contributed by atoms with E-state index in [-0.39, 0.29) is 24.1 Å². The second-order valence-electron chi connectivity index (χ2n) is 5.59. The summed E-state index contributed by atoms with van der Waals surface area (Å²) in [6.45, 7) is 0.731. The maximum absolute atomic E-state index is 12.5. The molecule has 4 unspecified atom stereocenters. The van der Waals surface area contributed by atoms with E-state index in [0.29, 0.717) is 22.5 Å². The molecule has 108 valence electrons. The number of para-hydroxylation sites is 1. The predicted octanol–water partition coefficient (Wildman–Crippen LogP) is 0.474. The summed E-state index contributed by atoms with van der Waals surface area (Å²) in [5.74, 6) is 0.207. The molecule has 0 radical (unpaired) electrons. The maximum atomic E-state index is 12.5. The largest absolute Gasteiger partial charge is 0.376 e. The van der Waals surface area contributed by atoms with Crippen molar-refractivity contribution in [3.63, 3.8) is 0 Å². The van der Waals surface area contributed by atoms with Gasteiger partial charge in [-0.05, 0) is 18.6 Å². The van der Waals surface area contributed by atoms with Crippen molar-refractivity contribution in [1.82, 2.24) is 15.3 Å². The van der Waals surface area contributed by atoms with Crippen molar-refractivity contribution in [2.75, 3.05) is 6.61 Å². The number of amides is 1. The van der Waals surface area contributed by atoms with Crippen molar-refractivity contribution in [3.8, 4) is 0 Å². The van der Waals surface area contributed by atoms with Gasteiger partial charge in [-0.1, -0.05) is 6.07 Å². The van der Waals surface area contributed by atoms with Crippen LogP contribution in [0.3, 0.4) is 0 Å². The number of fused-ring (bicyclic) bond motifs is 2. The van der Waals surface area contributed by atoms with Crippen LogP contribution in [0.25, 0.3) is 11.0 Å². The Hall–Kier alpha value is -2.05. The number of nitrogens with one attached hydrogen (secondary N) is 1. The Morgan fingerprint density at radius 2 is 2.19 bits per heavy atom. The summed E-state index contributed by atoms with van der Waals surface area (Å²) in [7, 11) is 0. The number of carbonyl (C=O) groups is 1. The summed E-state index contributed by atoms with van der Waals surface area (Å²) in [5.41, 5.74) is 7.96. The second kappa shape index (κ2) is 4.75. The number of nitrogens with zero attached hydrogens (tertiary/aromatic N) is 2. The van der Waals surface area contributed by atoms with Crippen molar-refractivity contribution in [2.24, 2.45) is 11.7 Å². The Morgan fingerprint density at radius 1 is 1.33 bits per heavy atom. The van der Waals surface area contributed by atoms with Gasteiger partial charge in [0, 0.05) is 31.0 Å². The first-order valence-corrected chi connectivity index (χ1v) is 7.13. The van der Waals surface area contributed by atoms with E-state index in [1.807, 2.05) is 12.1 Å². The molecule has 3 N–H and O–H groups in total. The molecule has 0 bridgehead atoms. The third-order valence-electron chi connectivity index (χ3n) is 4.49. The fourth-order valence-electron chi connectivity index (χ4n) is 3.33. The SMILES string of the molecule is NC1C2CCOC2C1NC(=O)c1cccc2nccnc12. The Morgan fingerprint density at radius 3 is 3.10 bits per heavy atom. The van der Waals surface area contributed by atoms with Crippen LogP contribution in [0.15, 0.2) is 30.6 Å². The van der Waals surface area contributed by atoms with Gasteiger partial charge in [0.05, 0.1) is 23.2 Å². The van der Waals surface area contributed by atoms with Crippen LogP contribution < -0.4 is 11.1 Å². The molecule has 21 heavy (non-hydrogen) atoms. The van der Waals surface area contributed by atoms with Crippen LogP contribution in [-0.4, -0.2) is 40.7 Å². The molecule has 1 saturated heterocycles. The third-order valence-corrected chi connectivity index (χ3v) is 4.49. The highest BCUT2D eigenvalue weighted by molar-refractivity contribution is 6.04. The summed E-state index contributed by atoms with van der Waals surface area (Å²) in [4.78, 5) is 21.0. The van der Waals surface area contributed by atoms with Crippen LogP contribution in [0.5, 0.6) is 0 Å². The molecule has 2 fully saturated rings. The first kappa shape index (κ1) is 12.7. The number of hydrogen-bond acceptors (Lipinski definition) is 5. The van der Waals surface area contributed by atoms with E-state index in [4.69, 9.17) is 10.5 Å². The zero-order valence-corrected chi connectivity index (χ0v) is 11.4. The highest BCUT2D eigenvalue weighted by atomic mass is 16.5. The minimum Gasteiger partial charge on any atom is -0.376 e. The van der Waals surface area contributed by atoms with Gasteiger partial charge in [-0.15, -0.1) is 0 Å². The zero-order chi connectivity index (χ0) is 14.4. The van der Waals surface area contributed by atoms with Crippen LogP contribution in [0.4, 0.5) is 0 Å². The van der Waals surface area contributed by atoms with Crippen molar-refractivity contribution < 1.29 is 9.53 Å². The maximum Gasteiger partial charge on any atom is 0.253 e. The van der Waals surface area contributed by atoms with E-state index in [2.05, 4.69) is 15.3 Å². The van der Waals surface area contributed by atoms with Crippen molar-refractivity contribution in [2.45, 2.75) is 24.6 Å². The Kier molecular flexibility index (Phi) is 2.87. The predicted molar refractivity (Wildman–Crippen MR) is 76.6 cm³/mol. The molecule has 2 aliphatic rings. The molecular weight excluding hydrogens is 268 g/mol. The second-order valence-corrected chi connectivity index (χ2v) is 5.59. The molecule has 6 heteroatoms. The Balaban J connectivity index is 1.60. The van der Waals surface area contributed by atoms with E-state index in [9.17, 15) is 4.79 Å². The van der Waals surface area contributed by atoms with Gasteiger partial charge in [0.25, 0.3) is 5.91 Å². The van der Waals surface area contributed by atoms with Gasteiger partial charge in [0.1, 0.15) is 5.52 Å². The van der Waals surface area contributed by atoms with Gasteiger partial charge >= 0.3 is 0 Å². The number of ether oxygens (including phenoxy) is 1. The fraction of sp³-hybridized carbons (Fsp3) is 0.400. The van der Waals surface area contributed by atoms with Crippen LogP contribution in [0.1, 0.15) is 16.8 Å². The monoisotopic (exact) mass is 284 g/mol. The quantitative estimate of drug-likeness (QED) is 0.837. The number of carbonyl (C=O) groups excluding carboxylic acids is 1. The molecule has 4 rings (SSSR count). The summed E-state index contributed by atoms with van der Waals surface area (Å²) in [5, 5.41) is 2.99. The molecule has 1 aromatic carbocycles. The lowest BCUT2D eigenvalue weighted by molar-refractivity contribution is -0.0160. The average Bonchev–Trinajstić information content (AvgIpc) is 2.96. The van der Waals surface area contributed by atoms with Gasteiger partial charge in [0.2, 0.25) is 0 Å². The normalized spacial score (nSPS) is 30.7. The average molecular weight is 284 g/mol. The lowest BCUT2D eigenvalue weighted by atomic mass is 9.72. The fourth-order valence-corrected chi connectivity index (χ4v) is 3.33. The van der Waals surface area contributed by atoms with Gasteiger partial charge in [-0.2, -0.15) is 0 Å². The van der Waals surface area contributed by atoms with Gasteiger partial charge in [-0.3, -0.25) is 14.8 Å². The lowest BCUT2D eigenvalue weighted by Crippen LogP contribution is -2.68. The smallest absolute Gasteiger partial charge is 0.253 e. The van der Waals surface area contributed by atoms with Crippen molar-refractivity contribution >= 4 is 16.9 Å². The number of hydrogen-bond donors (Lipinski definition) is 2. The van der Waals surface area contributed by atoms with Crippen LogP contribution >= 0.6 is 0 Å². The van der Waals surface area contributed by atoms with E-state index in [1.54, 1.807) is 18.5 Å². The summed E-state index contributed by atoms with van der Waals surface area (Å²) in [6, 6.07) is 5.26.